The zero-order chi connectivity index (χ0) is 17.6. The summed E-state index contributed by atoms with van der Waals surface area (Å²) in [6.45, 7) is 1.03. The first-order valence-electron chi connectivity index (χ1n) is 8.46. The second kappa shape index (κ2) is 8.36. The topological polar surface area (TPSA) is 77.2 Å². The lowest BCUT2D eigenvalue weighted by molar-refractivity contribution is 0.1000. The molecule has 0 saturated carbocycles. The number of ether oxygens (including phenoxy) is 1. The number of benzene rings is 1. The van der Waals surface area contributed by atoms with Crippen LogP contribution in [-0.2, 0) is 6.42 Å². The van der Waals surface area contributed by atoms with Gasteiger partial charge in [-0.2, -0.15) is 11.8 Å². The summed E-state index contributed by atoms with van der Waals surface area (Å²) in [5, 5.41) is 3.65. The quantitative estimate of drug-likeness (QED) is 0.744. The van der Waals surface area contributed by atoms with Gasteiger partial charge in [0.05, 0.1) is 5.56 Å². The predicted molar refractivity (Wildman–Crippen MR) is 101 cm³/mol. The first-order chi connectivity index (χ1) is 12.2. The van der Waals surface area contributed by atoms with Crippen molar-refractivity contribution in [1.82, 2.24) is 10.3 Å². The summed E-state index contributed by atoms with van der Waals surface area (Å²) < 4.78 is 5.83. The zero-order valence-electron chi connectivity index (χ0n) is 14.3. The molecule has 3 N–H and O–H groups in total. The van der Waals surface area contributed by atoms with E-state index in [9.17, 15) is 4.79 Å². The van der Waals surface area contributed by atoms with E-state index in [4.69, 9.17) is 10.5 Å². The van der Waals surface area contributed by atoms with Gasteiger partial charge in [-0.05, 0) is 54.8 Å². The lowest BCUT2D eigenvalue weighted by atomic mass is 9.87. The smallest absolute Gasteiger partial charge is 0.250 e. The molecule has 132 valence electrons. The van der Waals surface area contributed by atoms with Crippen LogP contribution in [0.5, 0.6) is 11.6 Å². The van der Waals surface area contributed by atoms with Crippen LogP contribution in [0.1, 0.15) is 40.4 Å². The molecule has 0 aliphatic heterocycles. The summed E-state index contributed by atoms with van der Waals surface area (Å²) in [7, 11) is 0. The standard InChI is InChI=1S/C19H23N3O2S/c1-25-10-9-21-17-4-2-3-13-11-15(6-7-16(13)17)24-18-8-5-14(12-22-18)19(20)23/h5-8,11-12,17,21H,2-4,9-10H2,1H3,(H2,20,23). The van der Waals surface area contributed by atoms with Gasteiger partial charge in [0.15, 0.2) is 0 Å². The maximum absolute atomic E-state index is 11.1. The van der Waals surface area contributed by atoms with E-state index in [2.05, 4.69) is 28.7 Å². The Morgan fingerprint density at radius 2 is 2.28 bits per heavy atom. The summed E-state index contributed by atoms with van der Waals surface area (Å²) in [4.78, 5) is 15.2. The average molecular weight is 357 g/mol. The summed E-state index contributed by atoms with van der Waals surface area (Å²) >= 11 is 1.86. The number of nitrogens with two attached hydrogens (primary N) is 1. The number of nitrogens with one attached hydrogen (secondary N) is 1. The minimum Gasteiger partial charge on any atom is -0.439 e. The molecule has 1 aromatic carbocycles. The van der Waals surface area contributed by atoms with Crippen LogP contribution in [-0.4, -0.2) is 29.4 Å². The first-order valence-corrected chi connectivity index (χ1v) is 9.85. The van der Waals surface area contributed by atoms with Crippen LogP contribution < -0.4 is 15.8 Å². The number of nitrogens with zero attached hydrogens (tertiary/aromatic N) is 1. The van der Waals surface area contributed by atoms with Gasteiger partial charge < -0.3 is 15.8 Å². The van der Waals surface area contributed by atoms with Crippen molar-refractivity contribution < 1.29 is 9.53 Å². The molecule has 0 spiro atoms. The number of hydrogen-bond acceptors (Lipinski definition) is 5. The summed E-state index contributed by atoms with van der Waals surface area (Å²) in [5.41, 5.74) is 8.30. The molecule has 1 aliphatic rings. The number of hydrogen-bond donors (Lipinski definition) is 2. The number of thioether (sulfide) groups is 1. The van der Waals surface area contributed by atoms with E-state index in [1.165, 1.54) is 30.2 Å². The molecular formula is C19H23N3O2S. The zero-order valence-corrected chi connectivity index (χ0v) is 15.1. The minimum absolute atomic E-state index is 0.372. The molecule has 0 bridgehead atoms. The second-order valence-corrected chi connectivity index (χ2v) is 7.09. The Hall–Kier alpha value is -2.05. The lowest BCUT2D eigenvalue weighted by Gasteiger charge is -2.27. The van der Waals surface area contributed by atoms with E-state index in [0.29, 0.717) is 17.5 Å². The van der Waals surface area contributed by atoms with Gasteiger partial charge >= 0.3 is 0 Å². The molecule has 5 nitrogen and oxygen atoms in total. The third-order valence-electron chi connectivity index (χ3n) is 4.37. The number of carbonyl (C=O) groups is 1. The fourth-order valence-electron chi connectivity index (χ4n) is 3.11. The third-order valence-corrected chi connectivity index (χ3v) is 4.98. The van der Waals surface area contributed by atoms with E-state index in [0.717, 1.165) is 24.5 Å². The van der Waals surface area contributed by atoms with E-state index in [1.807, 2.05) is 17.8 Å². The Morgan fingerprint density at radius 1 is 1.40 bits per heavy atom. The van der Waals surface area contributed by atoms with Crippen LogP contribution in [0.25, 0.3) is 0 Å². The van der Waals surface area contributed by atoms with Gasteiger partial charge in [0.1, 0.15) is 5.75 Å². The largest absolute Gasteiger partial charge is 0.439 e. The minimum atomic E-state index is -0.493. The first kappa shape index (κ1) is 17.8. The van der Waals surface area contributed by atoms with Crippen LogP contribution in [0.15, 0.2) is 36.5 Å². The van der Waals surface area contributed by atoms with Gasteiger partial charge in [-0.25, -0.2) is 4.98 Å². The third kappa shape index (κ3) is 4.52. The number of primary amides is 1. The van der Waals surface area contributed by atoms with Gasteiger partial charge in [0.2, 0.25) is 11.8 Å². The maximum atomic E-state index is 11.1. The second-order valence-electron chi connectivity index (χ2n) is 6.10. The van der Waals surface area contributed by atoms with Crippen molar-refractivity contribution in [1.29, 1.82) is 0 Å². The number of pyridine rings is 1. The highest BCUT2D eigenvalue weighted by Crippen LogP contribution is 2.33. The number of carbonyl (C=O) groups excluding carboxylic acids is 1. The molecule has 1 atom stereocenters. The van der Waals surface area contributed by atoms with Gasteiger partial charge in [0, 0.05) is 30.6 Å². The van der Waals surface area contributed by atoms with E-state index >= 15 is 0 Å². The van der Waals surface area contributed by atoms with Crippen LogP contribution in [0.4, 0.5) is 0 Å². The highest BCUT2D eigenvalue weighted by atomic mass is 32.2. The Morgan fingerprint density at radius 3 is 3.00 bits per heavy atom. The van der Waals surface area contributed by atoms with Crippen LogP contribution in [0.2, 0.25) is 0 Å². The maximum Gasteiger partial charge on any atom is 0.250 e. The molecule has 1 unspecified atom stereocenters. The summed E-state index contributed by atoms with van der Waals surface area (Å²) in [5.74, 6) is 1.85. The van der Waals surface area contributed by atoms with Crippen molar-refractivity contribution in [3.8, 4) is 11.6 Å². The van der Waals surface area contributed by atoms with Gasteiger partial charge in [0.25, 0.3) is 0 Å². The van der Waals surface area contributed by atoms with E-state index < -0.39 is 5.91 Å². The Labute approximate surface area is 152 Å². The van der Waals surface area contributed by atoms with Crippen molar-refractivity contribution in [3.05, 3.63) is 53.2 Å². The lowest BCUT2D eigenvalue weighted by Crippen LogP contribution is -2.27. The predicted octanol–water partition coefficient (Wildman–Crippen LogP) is 3.30. The molecule has 1 aromatic heterocycles. The van der Waals surface area contributed by atoms with Crippen LogP contribution in [0, 0.1) is 0 Å². The Kier molecular flexibility index (Phi) is 5.94. The van der Waals surface area contributed by atoms with Crippen molar-refractivity contribution in [2.45, 2.75) is 25.3 Å². The summed E-state index contributed by atoms with van der Waals surface area (Å²) in [6, 6.07) is 9.94. The molecule has 3 rings (SSSR count). The van der Waals surface area contributed by atoms with Crippen LogP contribution in [0.3, 0.4) is 0 Å². The van der Waals surface area contributed by atoms with Crippen molar-refractivity contribution in [2.24, 2.45) is 5.73 Å². The molecule has 2 aromatic rings. The molecule has 25 heavy (non-hydrogen) atoms. The van der Waals surface area contributed by atoms with Crippen molar-refractivity contribution in [3.63, 3.8) is 0 Å². The fourth-order valence-corrected chi connectivity index (χ4v) is 3.43. The van der Waals surface area contributed by atoms with Crippen molar-refractivity contribution >= 4 is 17.7 Å². The summed E-state index contributed by atoms with van der Waals surface area (Å²) in [6.07, 6.45) is 6.99. The SMILES string of the molecule is CSCCNC1CCCc2cc(Oc3ccc(C(N)=O)cn3)ccc21. The molecule has 1 aliphatic carbocycles. The van der Waals surface area contributed by atoms with Gasteiger partial charge in [-0.15, -0.1) is 0 Å². The number of fused-ring (bicyclic) bond motifs is 1. The van der Waals surface area contributed by atoms with E-state index in [1.54, 1.807) is 12.1 Å². The highest BCUT2D eigenvalue weighted by molar-refractivity contribution is 7.98. The fraction of sp³-hybridized carbons (Fsp3) is 0.368. The van der Waals surface area contributed by atoms with Gasteiger partial charge in [-0.3, -0.25) is 4.79 Å². The molecule has 6 heteroatoms. The molecular weight excluding hydrogens is 334 g/mol. The Balaban J connectivity index is 1.71. The molecule has 0 saturated heterocycles. The van der Waals surface area contributed by atoms with E-state index in [-0.39, 0.29) is 0 Å². The highest BCUT2D eigenvalue weighted by Gasteiger charge is 2.20. The van der Waals surface area contributed by atoms with Gasteiger partial charge in [-0.1, -0.05) is 6.07 Å². The van der Waals surface area contributed by atoms with Crippen molar-refractivity contribution in [2.75, 3.05) is 18.6 Å². The molecule has 1 heterocycles. The number of amides is 1. The average Bonchev–Trinajstić information content (AvgIpc) is 2.62. The Bertz CT molecular complexity index is 734. The molecule has 0 radical (unpaired) electrons. The normalized spacial score (nSPS) is 16.3. The van der Waals surface area contributed by atoms with Crippen LogP contribution >= 0.6 is 11.8 Å². The number of rotatable bonds is 7. The molecule has 1 amide bonds. The number of aromatic nitrogens is 1. The monoisotopic (exact) mass is 357 g/mol. The number of aryl methyl sites for hydroxylation is 1. The molecule has 0 fully saturated rings.